The van der Waals surface area contributed by atoms with Gasteiger partial charge in [0.05, 0.1) is 11.2 Å². The van der Waals surface area contributed by atoms with E-state index >= 15 is 0 Å². The maximum atomic E-state index is 6.47. The number of unbranched alkanes of at least 4 members (excludes halogenated alkanes) is 1. The highest BCUT2D eigenvalue weighted by molar-refractivity contribution is 6.47. The fraction of sp³-hybridized carbons (Fsp3) is 0.739. The first-order valence-corrected chi connectivity index (χ1v) is 10.8. The van der Waals surface area contributed by atoms with Gasteiger partial charge in [0.15, 0.2) is 0 Å². The lowest BCUT2D eigenvalue weighted by Crippen LogP contribution is -2.41. The van der Waals surface area contributed by atoms with Crippen molar-refractivity contribution in [2.75, 3.05) is 0 Å². The quantitative estimate of drug-likeness (QED) is 0.413. The molecule has 0 amide bonds. The van der Waals surface area contributed by atoms with Crippen molar-refractivity contribution in [3.8, 4) is 0 Å². The van der Waals surface area contributed by atoms with E-state index in [0.717, 1.165) is 5.92 Å². The molecule has 1 aliphatic carbocycles. The van der Waals surface area contributed by atoms with E-state index in [2.05, 4.69) is 58.0 Å². The van der Waals surface area contributed by atoms with E-state index in [9.17, 15) is 0 Å². The van der Waals surface area contributed by atoms with Gasteiger partial charge in [-0.3, -0.25) is 0 Å². The normalized spacial score (nSPS) is 23.9. The van der Waals surface area contributed by atoms with E-state index in [1.54, 1.807) is 0 Å². The van der Waals surface area contributed by atoms with Crippen LogP contribution in [0.2, 0.25) is 5.82 Å². The Hall–Kier alpha value is -0.795. The highest BCUT2D eigenvalue weighted by atomic mass is 16.7. The zero-order valence-corrected chi connectivity index (χ0v) is 17.3. The lowest BCUT2D eigenvalue weighted by Gasteiger charge is -2.32. The molecule has 2 aliphatic rings. The average Bonchev–Trinajstić information content (AvgIpc) is 2.84. The Bertz CT molecular complexity index is 533. The topological polar surface area (TPSA) is 18.5 Å². The summed E-state index contributed by atoms with van der Waals surface area (Å²) in [4.78, 5) is 0. The van der Waals surface area contributed by atoms with Gasteiger partial charge in [0.25, 0.3) is 0 Å². The van der Waals surface area contributed by atoms with Gasteiger partial charge in [-0.05, 0) is 57.8 Å². The third-order valence-electron chi connectivity index (χ3n) is 6.97. The molecule has 2 fully saturated rings. The molecule has 1 aromatic rings. The Morgan fingerprint density at radius 1 is 0.923 bits per heavy atom. The molecule has 1 saturated heterocycles. The summed E-state index contributed by atoms with van der Waals surface area (Å²) in [5.74, 6) is 1.32. The second-order valence-electron chi connectivity index (χ2n) is 9.42. The number of hydrogen-bond donors (Lipinski definition) is 0. The van der Waals surface area contributed by atoms with Gasteiger partial charge in [-0.1, -0.05) is 75.3 Å². The predicted octanol–water partition coefficient (Wildman–Crippen LogP) is 6.44. The molecule has 1 saturated carbocycles. The number of benzene rings is 1. The molecule has 1 heterocycles. The van der Waals surface area contributed by atoms with Crippen LogP contribution in [0.4, 0.5) is 0 Å². The van der Waals surface area contributed by atoms with Crippen LogP contribution in [-0.4, -0.2) is 18.3 Å². The highest BCUT2D eigenvalue weighted by Gasteiger charge is 2.54. The zero-order chi connectivity index (χ0) is 18.6. The smallest absolute Gasteiger partial charge is 0.403 e. The van der Waals surface area contributed by atoms with Crippen molar-refractivity contribution >= 4 is 7.12 Å². The molecule has 1 atom stereocenters. The summed E-state index contributed by atoms with van der Waals surface area (Å²) in [5.41, 5.74) is 1.03. The maximum Gasteiger partial charge on any atom is 0.461 e. The van der Waals surface area contributed by atoms with Crippen LogP contribution in [0.3, 0.4) is 0 Å². The highest BCUT2D eigenvalue weighted by Crippen LogP contribution is 2.46. The molecular formula is C23H37BO2. The number of rotatable bonds is 7. The summed E-state index contributed by atoms with van der Waals surface area (Å²) in [6, 6.07) is 10.9. The first-order valence-electron chi connectivity index (χ1n) is 10.8. The molecule has 2 nitrogen and oxygen atoms in total. The average molecular weight is 356 g/mol. The standard InChI is InChI=1S/C23H37BO2/c1-22(2)23(3,4)26-24(25-22)21(20-16-9-6-10-17-20)18-12-11-15-19-13-7-5-8-14-19/h5,7-8,13-14,20-21H,6,9-12,15-18H2,1-4H3/t21-/m0/s1. The molecule has 0 aromatic heterocycles. The van der Waals surface area contributed by atoms with Gasteiger partial charge in [-0.15, -0.1) is 0 Å². The van der Waals surface area contributed by atoms with Crippen molar-refractivity contribution in [3.63, 3.8) is 0 Å². The number of hydrogen-bond acceptors (Lipinski definition) is 2. The summed E-state index contributed by atoms with van der Waals surface area (Å²) in [7, 11) is -0.0279. The lowest BCUT2D eigenvalue weighted by atomic mass is 9.59. The summed E-state index contributed by atoms with van der Waals surface area (Å²) in [6.07, 6.45) is 11.8. The summed E-state index contributed by atoms with van der Waals surface area (Å²) in [5, 5.41) is 0. The van der Waals surface area contributed by atoms with Crippen LogP contribution in [0.25, 0.3) is 0 Å². The molecule has 26 heavy (non-hydrogen) atoms. The molecule has 0 unspecified atom stereocenters. The van der Waals surface area contributed by atoms with Crippen LogP contribution in [0.5, 0.6) is 0 Å². The molecule has 3 heteroatoms. The van der Waals surface area contributed by atoms with E-state index in [1.165, 1.54) is 63.4 Å². The second kappa shape index (κ2) is 8.48. The fourth-order valence-electron chi connectivity index (χ4n) is 4.57. The third kappa shape index (κ3) is 4.73. The molecule has 3 rings (SSSR count). The van der Waals surface area contributed by atoms with E-state index < -0.39 is 0 Å². The summed E-state index contributed by atoms with van der Waals surface area (Å²) in [6.45, 7) is 8.72. The molecule has 144 valence electrons. The fourth-order valence-corrected chi connectivity index (χ4v) is 4.57. The van der Waals surface area contributed by atoms with Gasteiger partial charge in [0.2, 0.25) is 0 Å². The lowest BCUT2D eigenvalue weighted by molar-refractivity contribution is 0.00578. The minimum Gasteiger partial charge on any atom is -0.403 e. The molecule has 0 bridgehead atoms. The van der Waals surface area contributed by atoms with Crippen molar-refractivity contribution in [1.29, 1.82) is 0 Å². The van der Waals surface area contributed by atoms with Crippen LogP contribution in [0, 0.1) is 5.92 Å². The minimum atomic E-state index is -0.214. The summed E-state index contributed by atoms with van der Waals surface area (Å²) >= 11 is 0. The molecule has 0 radical (unpaired) electrons. The Morgan fingerprint density at radius 3 is 2.15 bits per heavy atom. The largest absolute Gasteiger partial charge is 0.461 e. The SMILES string of the molecule is CC1(C)OB([C@@H](CCCCc2ccccc2)C2CCCCC2)OC1(C)C. The van der Waals surface area contributed by atoms with Crippen molar-refractivity contribution in [2.24, 2.45) is 5.92 Å². The van der Waals surface area contributed by atoms with Crippen LogP contribution in [0.1, 0.15) is 84.6 Å². The summed E-state index contributed by atoms with van der Waals surface area (Å²) < 4.78 is 12.9. The van der Waals surface area contributed by atoms with Crippen molar-refractivity contribution in [1.82, 2.24) is 0 Å². The van der Waals surface area contributed by atoms with Gasteiger partial charge in [0.1, 0.15) is 0 Å². The van der Waals surface area contributed by atoms with Gasteiger partial charge in [-0.2, -0.15) is 0 Å². The van der Waals surface area contributed by atoms with Crippen molar-refractivity contribution in [3.05, 3.63) is 35.9 Å². The Labute approximate surface area is 161 Å². The Morgan fingerprint density at radius 2 is 1.54 bits per heavy atom. The van der Waals surface area contributed by atoms with E-state index in [-0.39, 0.29) is 18.3 Å². The van der Waals surface area contributed by atoms with Gasteiger partial charge in [0, 0.05) is 0 Å². The van der Waals surface area contributed by atoms with Crippen molar-refractivity contribution < 1.29 is 9.31 Å². The molecule has 1 aromatic carbocycles. The van der Waals surface area contributed by atoms with Gasteiger partial charge >= 0.3 is 7.12 Å². The van der Waals surface area contributed by atoms with E-state index in [1.807, 2.05) is 0 Å². The van der Waals surface area contributed by atoms with Gasteiger partial charge in [-0.25, -0.2) is 0 Å². The first-order chi connectivity index (χ1) is 12.4. The maximum absolute atomic E-state index is 6.47. The second-order valence-corrected chi connectivity index (χ2v) is 9.42. The van der Waals surface area contributed by atoms with Crippen LogP contribution >= 0.6 is 0 Å². The monoisotopic (exact) mass is 356 g/mol. The van der Waals surface area contributed by atoms with Crippen LogP contribution in [-0.2, 0) is 15.7 Å². The third-order valence-corrected chi connectivity index (χ3v) is 6.97. The van der Waals surface area contributed by atoms with Crippen molar-refractivity contribution in [2.45, 2.75) is 103 Å². The Balaban J connectivity index is 1.59. The van der Waals surface area contributed by atoms with Crippen LogP contribution in [0.15, 0.2) is 30.3 Å². The molecular weight excluding hydrogens is 319 g/mol. The first kappa shape index (κ1) is 20.0. The van der Waals surface area contributed by atoms with Crippen LogP contribution < -0.4 is 0 Å². The number of aryl methyl sites for hydroxylation is 1. The predicted molar refractivity (Wildman–Crippen MR) is 110 cm³/mol. The molecule has 0 spiro atoms. The van der Waals surface area contributed by atoms with E-state index in [4.69, 9.17) is 9.31 Å². The molecule has 1 aliphatic heterocycles. The van der Waals surface area contributed by atoms with Gasteiger partial charge < -0.3 is 9.31 Å². The molecule has 0 N–H and O–H groups in total. The zero-order valence-electron chi connectivity index (χ0n) is 17.3. The Kier molecular flexibility index (Phi) is 6.51. The minimum absolute atomic E-state index is 0.0279. The van der Waals surface area contributed by atoms with E-state index in [0.29, 0.717) is 5.82 Å².